The zero-order valence-corrected chi connectivity index (χ0v) is 9.97. The van der Waals surface area contributed by atoms with Crippen molar-refractivity contribution >= 4 is 0 Å². The highest BCUT2D eigenvalue weighted by Gasteiger charge is 2.39. The standard InChI is InChI=1S/C12H24N4/c1-3-9(13-5-1)11(10-4-2-6-14-10)12-15-7-8-16-12/h9-16H,1-8H2. The maximum Gasteiger partial charge on any atom is 0.0631 e. The van der Waals surface area contributed by atoms with Gasteiger partial charge in [0.15, 0.2) is 0 Å². The van der Waals surface area contributed by atoms with Crippen molar-refractivity contribution in [3.05, 3.63) is 0 Å². The van der Waals surface area contributed by atoms with E-state index in [1.54, 1.807) is 0 Å². The topological polar surface area (TPSA) is 48.1 Å². The summed E-state index contributed by atoms with van der Waals surface area (Å²) in [5.74, 6) is 0.715. The molecule has 3 saturated heterocycles. The van der Waals surface area contributed by atoms with E-state index in [1.165, 1.54) is 38.8 Å². The summed E-state index contributed by atoms with van der Waals surface area (Å²) in [6.07, 6.45) is 5.92. The third kappa shape index (κ3) is 2.12. The molecule has 0 amide bonds. The van der Waals surface area contributed by atoms with Crippen LogP contribution in [0.5, 0.6) is 0 Å². The van der Waals surface area contributed by atoms with Gasteiger partial charge < -0.3 is 21.3 Å². The third-order valence-electron chi connectivity index (χ3n) is 4.36. The maximum atomic E-state index is 3.69. The molecule has 3 aliphatic rings. The van der Waals surface area contributed by atoms with Crippen LogP contribution < -0.4 is 21.3 Å². The van der Waals surface area contributed by atoms with Gasteiger partial charge in [0.1, 0.15) is 0 Å². The molecule has 4 heteroatoms. The molecule has 4 N–H and O–H groups in total. The summed E-state index contributed by atoms with van der Waals surface area (Å²) in [5, 5.41) is 14.6. The van der Waals surface area contributed by atoms with Crippen LogP contribution in [-0.2, 0) is 0 Å². The molecular weight excluding hydrogens is 200 g/mol. The Kier molecular flexibility index (Phi) is 3.43. The van der Waals surface area contributed by atoms with Gasteiger partial charge in [0.05, 0.1) is 6.17 Å². The first kappa shape index (κ1) is 11.0. The smallest absolute Gasteiger partial charge is 0.0631 e. The minimum Gasteiger partial charge on any atom is -0.314 e. The molecule has 16 heavy (non-hydrogen) atoms. The van der Waals surface area contributed by atoms with Gasteiger partial charge >= 0.3 is 0 Å². The van der Waals surface area contributed by atoms with Gasteiger partial charge in [0.2, 0.25) is 0 Å². The molecule has 3 aliphatic heterocycles. The van der Waals surface area contributed by atoms with Gasteiger partial charge in [-0.3, -0.25) is 0 Å². The van der Waals surface area contributed by atoms with Crippen LogP contribution in [0.3, 0.4) is 0 Å². The molecule has 0 aliphatic carbocycles. The fourth-order valence-electron chi connectivity index (χ4n) is 3.62. The summed E-state index contributed by atoms with van der Waals surface area (Å²) < 4.78 is 0. The highest BCUT2D eigenvalue weighted by molar-refractivity contribution is 4.98. The van der Waals surface area contributed by atoms with E-state index in [0.29, 0.717) is 24.2 Å². The van der Waals surface area contributed by atoms with E-state index in [-0.39, 0.29) is 0 Å². The van der Waals surface area contributed by atoms with Crippen molar-refractivity contribution in [2.24, 2.45) is 5.92 Å². The first-order chi connectivity index (χ1) is 7.95. The summed E-state index contributed by atoms with van der Waals surface area (Å²) in [6, 6.07) is 1.41. The molecule has 3 rings (SSSR count). The van der Waals surface area contributed by atoms with Crippen LogP contribution in [0.15, 0.2) is 0 Å². The molecule has 0 radical (unpaired) electrons. The highest BCUT2D eigenvalue weighted by atomic mass is 15.2. The second-order valence-corrected chi connectivity index (χ2v) is 5.37. The number of rotatable bonds is 3. The summed E-state index contributed by atoms with van der Waals surface area (Å²) in [6.45, 7) is 4.67. The fourth-order valence-corrected chi connectivity index (χ4v) is 3.62. The van der Waals surface area contributed by atoms with E-state index in [4.69, 9.17) is 0 Å². The second-order valence-electron chi connectivity index (χ2n) is 5.37. The Morgan fingerprint density at radius 1 is 0.688 bits per heavy atom. The van der Waals surface area contributed by atoms with E-state index < -0.39 is 0 Å². The Morgan fingerprint density at radius 2 is 1.25 bits per heavy atom. The van der Waals surface area contributed by atoms with Gasteiger partial charge in [-0.2, -0.15) is 0 Å². The van der Waals surface area contributed by atoms with Crippen molar-refractivity contribution in [3.8, 4) is 0 Å². The van der Waals surface area contributed by atoms with Crippen LogP contribution in [0.25, 0.3) is 0 Å². The van der Waals surface area contributed by atoms with Crippen LogP contribution in [0.4, 0.5) is 0 Å². The molecule has 0 saturated carbocycles. The van der Waals surface area contributed by atoms with E-state index in [2.05, 4.69) is 21.3 Å². The Hall–Kier alpha value is -0.160. The van der Waals surface area contributed by atoms with Gasteiger partial charge in [-0.05, 0) is 38.8 Å². The number of hydrogen-bond acceptors (Lipinski definition) is 4. The van der Waals surface area contributed by atoms with Crippen molar-refractivity contribution < 1.29 is 0 Å². The van der Waals surface area contributed by atoms with Crippen molar-refractivity contribution in [1.82, 2.24) is 21.3 Å². The molecule has 0 aromatic rings. The average molecular weight is 224 g/mol. The quantitative estimate of drug-likeness (QED) is 0.528. The summed E-state index contributed by atoms with van der Waals surface area (Å²) >= 11 is 0. The van der Waals surface area contributed by atoms with Crippen molar-refractivity contribution in [2.75, 3.05) is 26.2 Å². The normalized spacial score (nSPS) is 38.2. The van der Waals surface area contributed by atoms with Gasteiger partial charge in [-0.15, -0.1) is 0 Å². The van der Waals surface area contributed by atoms with Gasteiger partial charge in [-0.1, -0.05) is 0 Å². The van der Waals surface area contributed by atoms with E-state index in [9.17, 15) is 0 Å². The van der Waals surface area contributed by atoms with E-state index in [0.717, 1.165) is 13.1 Å². The summed E-state index contributed by atoms with van der Waals surface area (Å²) in [4.78, 5) is 0. The summed E-state index contributed by atoms with van der Waals surface area (Å²) in [7, 11) is 0. The predicted molar refractivity (Wildman–Crippen MR) is 65.3 cm³/mol. The average Bonchev–Trinajstić information content (AvgIpc) is 3.02. The van der Waals surface area contributed by atoms with Gasteiger partial charge in [0.25, 0.3) is 0 Å². The zero-order chi connectivity index (χ0) is 10.8. The molecule has 0 bridgehead atoms. The molecule has 3 heterocycles. The molecule has 3 fully saturated rings. The lowest BCUT2D eigenvalue weighted by atomic mass is 9.87. The van der Waals surface area contributed by atoms with E-state index in [1.807, 2.05) is 0 Å². The number of hydrogen-bond donors (Lipinski definition) is 4. The molecule has 4 nitrogen and oxygen atoms in total. The molecule has 0 aromatic heterocycles. The molecule has 0 aromatic carbocycles. The van der Waals surface area contributed by atoms with Gasteiger partial charge in [0, 0.05) is 31.1 Å². The Bertz CT molecular complexity index is 177. The first-order valence-electron chi connectivity index (χ1n) is 6.89. The number of nitrogens with one attached hydrogen (secondary N) is 4. The third-order valence-corrected chi connectivity index (χ3v) is 4.36. The Morgan fingerprint density at radius 3 is 1.69 bits per heavy atom. The van der Waals surface area contributed by atoms with Crippen LogP contribution in [-0.4, -0.2) is 44.4 Å². The molecule has 0 spiro atoms. The molecule has 2 unspecified atom stereocenters. The van der Waals surface area contributed by atoms with E-state index >= 15 is 0 Å². The Balaban J connectivity index is 1.70. The lowest BCUT2D eigenvalue weighted by Crippen LogP contribution is -2.55. The fraction of sp³-hybridized carbons (Fsp3) is 1.00. The van der Waals surface area contributed by atoms with Crippen LogP contribution in [0, 0.1) is 5.92 Å². The second kappa shape index (κ2) is 5.00. The molecule has 92 valence electrons. The predicted octanol–water partition coefficient (Wildman–Crippen LogP) is -0.374. The van der Waals surface area contributed by atoms with Gasteiger partial charge in [-0.25, -0.2) is 0 Å². The summed E-state index contributed by atoms with van der Waals surface area (Å²) in [5.41, 5.74) is 0. The van der Waals surface area contributed by atoms with Crippen LogP contribution >= 0.6 is 0 Å². The Labute approximate surface area is 97.9 Å². The SMILES string of the molecule is C1CNC(C(C2CCCN2)C2NCCN2)C1. The maximum absolute atomic E-state index is 3.69. The lowest BCUT2D eigenvalue weighted by molar-refractivity contribution is 0.229. The molecular formula is C12H24N4. The highest BCUT2D eigenvalue weighted by Crippen LogP contribution is 2.26. The monoisotopic (exact) mass is 224 g/mol. The van der Waals surface area contributed by atoms with Crippen LogP contribution in [0.1, 0.15) is 25.7 Å². The minimum absolute atomic E-state index is 0.520. The van der Waals surface area contributed by atoms with Crippen molar-refractivity contribution in [3.63, 3.8) is 0 Å². The van der Waals surface area contributed by atoms with Crippen molar-refractivity contribution in [2.45, 2.75) is 43.9 Å². The first-order valence-corrected chi connectivity index (χ1v) is 6.89. The molecule has 2 atom stereocenters. The zero-order valence-electron chi connectivity index (χ0n) is 9.97. The van der Waals surface area contributed by atoms with Crippen molar-refractivity contribution in [1.29, 1.82) is 0 Å². The lowest BCUT2D eigenvalue weighted by Gasteiger charge is -2.34. The van der Waals surface area contributed by atoms with Crippen LogP contribution in [0.2, 0.25) is 0 Å². The minimum atomic E-state index is 0.520. The largest absolute Gasteiger partial charge is 0.314 e.